The molecule has 132 valence electrons. The molecule has 0 spiro atoms. The van der Waals surface area contributed by atoms with Crippen molar-refractivity contribution in [3.63, 3.8) is 0 Å². The highest BCUT2D eigenvalue weighted by Crippen LogP contribution is 2.15. The Bertz CT molecular complexity index is 707. The molecule has 0 aliphatic carbocycles. The maximum absolute atomic E-state index is 11.9. The zero-order valence-corrected chi connectivity index (χ0v) is 16.0. The third-order valence-electron chi connectivity index (χ3n) is 3.71. The van der Waals surface area contributed by atoms with Crippen molar-refractivity contribution in [3.8, 4) is 0 Å². The van der Waals surface area contributed by atoms with E-state index in [0.717, 1.165) is 11.3 Å². The number of hydrogen-bond donors (Lipinski definition) is 3. The summed E-state index contributed by atoms with van der Waals surface area (Å²) in [6.45, 7) is 4.10. The van der Waals surface area contributed by atoms with Crippen LogP contribution in [0.2, 0.25) is 0 Å². The van der Waals surface area contributed by atoms with Gasteiger partial charge in [0.2, 0.25) is 5.91 Å². The van der Waals surface area contributed by atoms with Crippen LogP contribution in [-0.4, -0.2) is 16.8 Å². The van der Waals surface area contributed by atoms with Crippen molar-refractivity contribution in [2.45, 2.75) is 25.6 Å². The molecule has 0 saturated carbocycles. The fraction of sp³-hybridized carbons (Fsp3) is 0.263. The third-order valence-corrected chi connectivity index (χ3v) is 4.92. The number of thiocarbonyl (C=S) groups is 1. The van der Waals surface area contributed by atoms with E-state index in [2.05, 4.69) is 35.2 Å². The van der Waals surface area contributed by atoms with Gasteiger partial charge in [0.25, 0.3) is 0 Å². The highest BCUT2D eigenvalue weighted by Gasteiger charge is 2.07. The zero-order valence-electron chi connectivity index (χ0n) is 14.4. The molecule has 0 aromatic heterocycles. The molecule has 4 nitrogen and oxygen atoms in total. The maximum atomic E-state index is 11.9. The van der Waals surface area contributed by atoms with Crippen LogP contribution in [0.25, 0.3) is 0 Å². The summed E-state index contributed by atoms with van der Waals surface area (Å²) in [6, 6.07) is 18.3. The normalized spacial score (nSPS) is 11.4. The van der Waals surface area contributed by atoms with Crippen LogP contribution in [0.5, 0.6) is 0 Å². The Morgan fingerprint density at radius 1 is 1.08 bits per heavy atom. The van der Waals surface area contributed by atoms with E-state index in [1.807, 2.05) is 49.4 Å². The van der Waals surface area contributed by atoms with Crippen LogP contribution in [-0.2, 0) is 10.5 Å². The molecule has 6 heteroatoms. The van der Waals surface area contributed by atoms with Crippen LogP contribution in [0.1, 0.15) is 29.7 Å². The predicted octanol–water partition coefficient (Wildman–Crippen LogP) is 3.48. The SMILES string of the molecule is Cc1ccccc1CSCC(=O)NNC(=S)N[C@H](C)c1ccccc1. The Morgan fingerprint density at radius 3 is 2.48 bits per heavy atom. The van der Waals surface area contributed by atoms with E-state index >= 15 is 0 Å². The molecule has 25 heavy (non-hydrogen) atoms. The molecule has 2 aromatic carbocycles. The van der Waals surface area contributed by atoms with Crippen molar-refractivity contribution in [1.82, 2.24) is 16.2 Å². The molecule has 0 unspecified atom stereocenters. The lowest BCUT2D eigenvalue weighted by molar-refractivity contribution is -0.119. The molecule has 0 heterocycles. The smallest absolute Gasteiger partial charge is 0.248 e. The van der Waals surface area contributed by atoms with Crippen molar-refractivity contribution in [2.75, 3.05) is 5.75 Å². The van der Waals surface area contributed by atoms with E-state index in [-0.39, 0.29) is 11.9 Å². The molecule has 0 aliphatic heterocycles. The number of hydrazine groups is 1. The molecule has 0 fully saturated rings. The van der Waals surface area contributed by atoms with Gasteiger partial charge in [0.15, 0.2) is 5.11 Å². The summed E-state index contributed by atoms with van der Waals surface area (Å²) in [5.41, 5.74) is 9.00. The Kier molecular flexibility index (Phi) is 7.76. The highest BCUT2D eigenvalue weighted by atomic mass is 32.2. The van der Waals surface area contributed by atoms with Crippen molar-refractivity contribution >= 4 is 35.0 Å². The van der Waals surface area contributed by atoms with Gasteiger partial charge in [-0.25, -0.2) is 0 Å². The first kappa shape index (κ1) is 19.3. The van der Waals surface area contributed by atoms with Crippen LogP contribution < -0.4 is 16.2 Å². The first-order valence-corrected chi connectivity index (χ1v) is 9.65. The number of rotatable bonds is 6. The van der Waals surface area contributed by atoms with Crippen molar-refractivity contribution in [1.29, 1.82) is 0 Å². The van der Waals surface area contributed by atoms with E-state index in [1.54, 1.807) is 11.8 Å². The lowest BCUT2D eigenvalue weighted by Gasteiger charge is -2.17. The van der Waals surface area contributed by atoms with Crippen molar-refractivity contribution in [3.05, 3.63) is 71.3 Å². The summed E-state index contributed by atoms with van der Waals surface area (Å²) in [5, 5.41) is 3.54. The second-order valence-corrected chi connectivity index (χ2v) is 7.09. The summed E-state index contributed by atoms with van der Waals surface area (Å²) >= 11 is 6.79. The van der Waals surface area contributed by atoms with Crippen LogP contribution in [0.15, 0.2) is 54.6 Å². The summed E-state index contributed by atoms with van der Waals surface area (Å²) in [7, 11) is 0. The number of hydrogen-bond acceptors (Lipinski definition) is 3. The largest absolute Gasteiger partial charge is 0.355 e. The fourth-order valence-electron chi connectivity index (χ4n) is 2.25. The molecule has 0 aliphatic rings. The first-order valence-electron chi connectivity index (χ1n) is 8.09. The van der Waals surface area contributed by atoms with E-state index in [9.17, 15) is 4.79 Å². The molecule has 0 saturated heterocycles. The molecule has 3 N–H and O–H groups in total. The van der Waals surface area contributed by atoms with Gasteiger partial charge in [0, 0.05) is 5.75 Å². The zero-order chi connectivity index (χ0) is 18.1. The Labute approximate surface area is 158 Å². The molecular formula is C19H23N3OS2. The van der Waals surface area contributed by atoms with Gasteiger partial charge in [0.05, 0.1) is 11.8 Å². The second-order valence-electron chi connectivity index (χ2n) is 5.70. The molecule has 0 bridgehead atoms. The average Bonchev–Trinajstić information content (AvgIpc) is 2.62. The summed E-state index contributed by atoms with van der Waals surface area (Å²) in [5.74, 6) is 1.08. The molecule has 0 radical (unpaired) electrons. The molecule has 2 aromatic rings. The number of amides is 1. The topological polar surface area (TPSA) is 53.2 Å². The monoisotopic (exact) mass is 373 g/mol. The van der Waals surface area contributed by atoms with Crippen LogP contribution >= 0.6 is 24.0 Å². The predicted molar refractivity (Wildman–Crippen MR) is 109 cm³/mol. The quantitative estimate of drug-likeness (QED) is 0.535. The lowest BCUT2D eigenvalue weighted by Crippen LogP contribution is -2.47. The van der Waals surface area contributed by atoms with Crippen LogP contribution in [0, 0.1) is 6.92 Å². The van der Waals surface area contributed by atoms with E-state index in [4.69, 9.17) is 12.2 Å². The second kappa shape index (κ2) is 10.1. The minimum Gasteiger partial charge on any atom is -0.355 e. The molecule has 1 amide bonds. The number of thioether (sulfide) groups is 1. The minimum atomic E-state index is -0.102. The summed E-state index contributed by atoms with van der Waals surface area (Å²) in [6.07, 6.45) is 0. The third kappa shape index (κ3) is 6.76. The number of benzene rings is 2. The van der Waals surface area contributed by atoms with Crippen molar-refractivity contribution in [2.24, 2.45) is 0 Å². The van der Waals surface area contributed by atoms with Gasteiger partial charge >= 0.3 is 0 Å². The fourth-order valence-corrected chi connectivity index (χ4v) is 3.38. The lowest BCUT2D eigenvalue weighted by atomic mass is 10.1. The summed E-state index contributed by atoms with van der Waals surface area (Å²) in [4.78, 5) is 11.9. The number of nitrogens with one attached hydrogen (secondary N) is 3. The van der Waals surface area contributed by atoms with Crippen molar-refractivity contribution < 1.29 is 4.79 Å². The molecular weight excluding hydrogens is 350 g/mol. The van der Waals surface area contributed by atoms with E-state index in [0.29, 0.717) is 10.9 Å². The van der Waals surface area contributed by atoms with Gasteiger partial charge in [-0.1, -0.05) is 54.6 Å². The number of carbonyl (C=O) groups excluding carboxylic acids is 1. The van der Waals surface area contributed by atoms with Gasteiger partial charge in [-0.3, -0.25) is 15.6 Å². The highest BCUT2D eigenvalue weighted by molar-refractivity contribution is 7.99. The number of aryl methyl sites for hydroxylation is 1. The first-order chi connectivity index (χ1) is 12.1. The molecule has 2 rings (SSSR count). The Balaban J connectivity index is 1.66. The maximum Gasteiger partial charge on any atom is 0.248 e. The minimum absolute atomic E-state index is 0.0635. The standard InChI is InChI=1S/C19H23N3OS2/c1-14-8-6-7-11-17(14)12-25-13-18(23)21-22-19(24)20-15(2)16-9-4-3-5-10-16/h3-11,15H,12-13H2,1-2H3,(H,21,23)(H2,20,22,24)/t15-/m1/s1. The average molecular weight is 374 g/mol. The van der Waals surface area contributed by atoms with Gasteiger partial charge in [-0.05, 0) is 42.8 Å². The van der Waals surface area contributed by atoms with Gasteiger partial charge in [0.1, 0.15) is 0 Å². The van der Waals surface area contributed by atoms with E-state index < -0.39 is 0 Å². The van der Waals surface area contributed by atoms with Crippen LogP contribution in [0.3, 0.4) is 0 Å². The molecule has 1 atom stereocenters. The Hall–Kier alpha value is -2.05. The van der Waals surface area contributed by atoms with Gasteiger partial charge < -0.3 is 5.32 Å². The van der Waals surface area contributed by atoms with E-state index in [1.165, 1.54) is 11.1 Å². The van der Waals surface area contributed by atoms with Crippen LogP contribution in [0.4, 0.5) is 0 Å². The van der Waals surface area contributed by atoms with Gasteiger partial charge in [-0.2, -0.15) is 0 Å². The Morgan fingerprint density at radius 2 is 1.76 bits per heavy atom. The number of carbonyl (C=O) groups is 1. The van der Waals surface area contributed by atoms with Gasteiger partial charge in [-0.15, -0.1) is 11.8 Å². The summed E-state index contributed by atoms with van der Waals surface area (Å²) < 4.78 is 0.